The van der Waals surface area contributed by atoms with Crippen LogP contribution >= 0.6 is 0 Å². The van der Waals surface area contributed by atoms with E-state index in [9.17, 15) is 0 Å². The van der Waals surface area contributed by atoms with Crippen molar-refractivity contribution in [1.82, 2.24) is 14.1 Å². The predicted octanol–water partition coefficient (Wildman–Crippen LogP) is 13.4. The van der Waals surface area contributed by atoms with E-state index in [0.717, 1.165) is 61.8 Å². The van der Waals surface area contributed by atoms with Gasteiger partial charge in [0, 0.05) is 23.0 Å². The van der Waals surface area contributed by atoms with Crippen molar-refractivity contribution >= 4 is 51.3 Å². The van der Waals surface area contributed by atoms with Gasteiger partial charge < -0.3 is 4.74 Å². The number of hydrogen-bond acceptors (Lipinski definition) is 2. The Balaban J connectivity index is 1.03. The third-order valence-electron chi connectivity index (χ3n) is 14.1. The standard InChI is InChI=1S/C60H46N4OSi/c1-60(2,3)39-32-33-61-56(34-39)64-51-25-14-13-22-47(51)48-28-26-40(35-52(48)64)65-41-27-30-54-53(36-41)62-37-63-57-42(38-16-7-6-8-17-38)23-15-24-49(57)45-20-11-9-18-43(45)44-19-10-12-21-46(44)50-29-31-55(66(54,4)5)59(62)58(50)63/h6-36H,1-5H3. The van der Waals surface area contributed by atoms with Crippen molar-refractivity contribution < 1.29 is 9.30 Å². The average molecular weight is 867 g/mol. The zero-order chi connectivity index (χ0) is 44.5. The molecule has 0 saturated carbocycles. The number of nitrogens with zero attached hydrogens (tertiary/aromatic N) is 4. The Morgan fingerprint density at radius 2 is 1.17 bits per heavy atom. The van der Waals surface area contributed by atoms with Crippen LogP contribution in [0.3, 0.4) is 0 Å². The first-order valence-corrected chi connectivity index (χ1v) is 25.9. The summed E-state index contributed by atoms with van der Waals surface area (Å²) >= 11 is 0. The van der Waals surface area contributed by atoms with Crippen LogP contribution in [-0.2, 0) is 5.41 Å². The maximum absolute atomic E-state index is 6.96. The molecule has 5 heterocycles. The van der Waals surface area contributed by atoms with Crippen LogP contribution < -0.4 is 19.7 Å². The molecule has 5 nitrogen and oxygen atoms in total. The third-order valence-corrected chi connectivity index (χ3v) is 17.7. The minimum Gasteiger partial charge on any atom is -0.458 e. The fourth-order valence-corrected chi connectivity index (χ4v) is 13.8. The first kappa shape index (κ1) is 38.6. The maximum Gasteiger partial charge on any atom is 0.269 e. The van der Waals surface area contributed by atoms with Crippen LogP contribution in [0.4, 0.5) is 0 Å². The van der Waals surface area contributed by atoms with Gasteiger partial charge in [-0.15, -0.1) is 0 Å². The van der Waals surface area contributed by atoms with Crippen LogP contribution in [0.25, 0.3) is 94.5 Å². The van der Waals surface area contributed by atoms with Gasteiger partial charge in [0.25, 0.3) is 6.33 Å². The molecular weight excluding hydrogens is 821 g/mol. The molecule has 8 aromatic carbocycles. The molecule has 0 amide bonds. The van der Waals surface area contributed by atoms with Crippen molar-refractivity contribution in [2.45, 2.75) is 39.3 Å². The predicted molar refractivity (Wildman–Crippen MR) is 273 cm³/mol. The highest BCUT2D eigenvalue weighted by atomic mass is 28.3. The van der Waals surface area contributed by atoms with Gasteiger partial charge in [0.1, 0.15) is 25.4 Å². The van der Waals surface area contributed by atoms with Crippen molar-refractivity contribution in [2.75, 3.05) is 0 Å². The van der Waals surface area contributed by atoms with E-state index in [1.807, 2.05) is 6.20 Å². The molecule has 0 bridgehead atoms. The SMILES string of the molecule is CC(C)(C)c1ccnc(-n2c3ccccc3c3ccc(Oc4ccc5c(c4)-n4[c-][n+]6c7c(ccc(c74)[Si]5(C)C)-c4ccccc4-c4ccccc4-c4cccc(-c5ccccc5)c4-6)cc32)c1. The molecular formula is C60H46N4OSi. The van der Waals surface area contributed by atoms with Gasteiger partial charge in [-0.3, -0.25) is 13.7 Å². The van der Waals surface area contributed by atoms with Gasteiger partial charge in [-0.25, -0.2) is 4.98 Å². The monoisotopic (exact) mass is 866 g/mol. The smallest absolute Gasteiger partial charge is 0.269 e. The second-order valence-corrected chi connectivity index (χ2v) is 23.7. The van der Waals surface area contributed by atoms with Crippen LogP contribution in [-0.4, -0.2) is 22.2 Å². The van der Waals surface area contributed by atoms with E-state index >= 15 is 0 Å². The molecule has 0 saturated heterocycles. The van der Waals surface area contributed by atoms with E-state index < -0.39 is 8.07 Å². The minimum atomic E-state index is -2.28. The van der Waals surface area contributed by atoms with Crippen molar-refractivity contribution in [3.8, 4) is 73.2 Å². The number of fused-ring (bicyclic) bond motifs is 12. The molecule has 2 aliphatic heterocycles. The Morgan fingerprint density at radius 3 is 1.94 bits per heavy atom. The van der Waals surface area contributed by atoms with Gasteiger partial charge in [-0.1, -0.05) is 167 Å². The number of rotatable bonds is 4. The van der Waals surface area contributed by atoms with Gasteiger partial charge in [0.15, 0.2) is 0 Å². The zero-order valence-electron chi connectivity index (χ0n) is 37.6. The fraction of sp³-hybridized carbons (Fsp3) is 0.100. The van der Waals surface area contributed by atoms with Gasteiger partial charge in [0.05, 0.1) is 33.4 Å². The molecule has 6 heteroatoms. The molecule has 0 spiro atoms. The fourth-order valence-electron chi connectivity index (χ4n) is 10.9. The number of pyridine rings is 1. The summed E-state index contributed by atoms with van der Waals surface area (Å²) in [5.74, 6) is 2.44. The van der Waals surface area contributed by atoms with Gasteiger partial charge in [-0.05, 0) is 108 Å². The summed E-state index contributed by atoms with van der Waals surface area (Å²) < 4.78 is 14.0. The number of para-hydroxylation sites is 2. The Bertz CT molecular complexity index is 3810. The summed E-state index contributed by atoms with van der Waals surface area (Å²) in [7, 11) is -2.28. The van der Waals surface area contributed by atoms with Crippen molar-refractivity contribution in [3.05, 3.63) is 200 Å². The summed E-state index contributed by atoms with van der Waals surface area (Å²) in [5, 5.41) is 5.09. The topological polar surface area (TPSA) is 35.9 Å². The maximum atomic E-state index is 6.96. The quantitative estimate of drug-likeness (QED) is 0.100. The van der Waals surface area contributed by atoms with Crippen LogP contribution in [0.1, 0.15) is 26.3 Å². The lowest BCUT2D eigenvalue weighted by Crippen LogP contribution is -2.57. The highest BCUT2D eigenvalue weighted by Crippen LogP contribution is 2.46. The van der Waals surface area contributed by atoms with Crippen molar-refractivity contribution in [1.29, 1.82) is 0 Å². The molecule has 0 fully saturated rings. The number of hydrogen-bond donors (Lipinski definition) is 0. The second kappa shape index (κ2) is 14.1. The van der Waals surface area contributed by atoms with E-state index in [0.29, 0.717) is 0 Å². The van der Waals surface area contributed by atoms with Crippen LogP contribution in [0.15, 0.2) is 188 Å². The number of ether oxygens (including phenoxy) is 1. The lowest BCUT2D eigenvalue weighted by Gasteiger charge is -2.33. The number of benzene rings is 8. The van der Waals surface area contributed by atoms with Gasteiger partial charge >= 0.3 is 0 Å². The molecule has 11 aromatic rings. The van der Waals surface area contributed by atoms with Crippen LogP contribution in [0.2, 0.25) is 13.1 Å². The summed E-state index contributed by atoms with van der Waals surface area (Å²) in [6, 6.07) is 66.3. The normalized spacial score (nSPS) is 13.3. The molecule has 0 aliphatic carbocycles. The van der Waals surface area contributed by atoms with E-state index in [2.05, 4.69) is 236 Å². The van der Waals surface area contributed by atoms with Crippen LogP contribution in [0, 0.1) is 6.33 Å². The summed E-state index contributed by atoms with van der Waals surface area (Å²) in [6.07, 6.45) is 5.98. The molecule has 0 radical (unpaired) electrons. The number of aromatic nitrogens is 4. The second-order valence-electron chi connectivity index (χ2n) is 19.4. The van der Waals surface area contributed by atoms with Crippen molar-refractivity contribution in [3.63, 3.8) is 0 Å². The first-order chi connectivity index (χ1) is 32.1. The van der Waals surface area contributed by atoms with Crippen LogP contribution in [0.5, 0.6) is 11.5 Å². The molecule has 0 unspecified atom stereocenters. The van der Waals surface area contributed by atoms with E-state index in [4.69, 9.17) is 9.72 Å². The summed E-state index contributed by atoms with van der Waals surface area (Å²) in [4.78, 5) is 4.92. The van der Waals surface area contributed by atoms with Gasteiger partial charge in [-0.2, -0.15) is 0 Å². The van der Waals surface area contributed by atoms with E-state index in [-0.39, 0.29) is 5.41 Å². The van der Waals surface area contributed by atoms with Crippen molar-refractivity contribution in [2.24, 2.45) is 0 Å². The zero-order valence-corrected chi connectivity index (χ0v) is 38.6. The number of imidazole rings is 1. The molecule has 0 N–H and O–H groups in total. The minimum absolute atomic E-state index is 0.0162. The summed E-state index contributed by atoms with van der Waals surface area (Å²) in [5.41, 5.74) is 17.5. The van der Waals surface area contributed by atoms with Gasteiger partial charge in [0.2, 0.25) is 0 Å². The highest BCUT2D eigenvalue weighted by Gasteiger charge is 2.39. The summed E-state index contributed by atoms with van der Waals surface area (Å²) in [6.45, 7) is 11.7. The molecule has 2 aliphatic rings. The molecule has 13 rings (SSSR count). The molecule has 316 valence electrons. The molecule has 3 aromatic heterocycles. The Hall–Kier alpha value is -7.80. The third kappa shape index (κ3) is 5.64. The first-order valence-electron chi connectivity index (χ1n) is 22.9. The molecule has 0 atom stereocenters. The Labute approximate surface area is 385 Å². The Kier molecular flexibility index (Phi) is 8.25. The average Bonchev–Trinajstić information content (AvgIpc) is 3.90. The lowest BCUT2D eigenvalue weighted by molar-refractivity contribution is -0.570. The van der Waals surface area contributed by atoms with E-state index in [1.165, 1.54) is 60.2 Å². The lowest BCUT2D eigenvalue weighted by atomic mass is 9.88. The Morgan fingerprint density at radius 1 is 0.545 bits per heavy atom. The highest BCUT2D eigenvalue weighted by molar-refractivity contribution is 7.02. The molecule has 66 heavy (non-hydrogen) atoms. The largest absolute Gasteiger partial charge is 0.458 e. The van der Waals surface area contributed by atoms with E-state index in [1.54, 1.807) is 0 Å².